The van der Waals surface area contributed by atoms with Gasteiger partial charge in [-0.3, -0.25) is 9.88 Å². The lowest BCUT2D eigenvalue weighted by atomic mass is 9.93. The molecule has 0 N–H and O–H groups in total. The fraction of sp³-hybridized carbons (Fsp3) is 0.300. The van der Waals surface area contributed by atoms with Gasteiger partial charge in [-0.2, -0.15) is 0 Å². The van der Waals surface area contributed by atoms with Crippen molar-refractivity contribution in [3.05, 3.63) is 95.3 Å². The van der Waals surface area contributed by atoms with Crippen LogP contribution in [0.1, 0.15) is 41.4 Å². The van der Waals surface area contributed by atoms with Gasteiger partial charge in [0.25, 0.3) is 0 Å². The van der Waals surface area contributed by atoms with E-state index in [4.69, 9.17) is 14.7 Å². The molecule has 0 bridgehead atoms. The van der Waals surface area contributed by atoms with Crippen LogP contribution in [0.4, 0.5) is 4.39 Å². The summed E-state index contributed by atoms with van der Waals surface area (Å²) in [5, 5.41) is 0.766. The van der Waals surface area contributed by atoms with Gasteiger partial charge in [-0.05, 0) is 62.7 Å². The maximum absolute atomic E-state index is 14.5. The summed E-state index contributed by atoms with van der Waals surface area (Å²) in [7, 11) is 2.10. The van der Waals surface area contributed by atoms with E-state index in [0.29, 0.717) is 17.4 Å². The molecule has 0 unspecified atom stereocenters. The molecule has 0 atom stereocenters. The van der Waals surface area contributed by atoms with Crippen molar-refractivity contribution in [3.8, 4) is 5.88 Å². The Labute approximate surface area is 215 Å². The summed E-state index contributed by atoms with van der Waals surface area (Å²) in [5.41, 5.74) is 5.77. The Morgan fingerprint density at radius 1 is 0.973 bits per heavy atom. The molecule has 1 aliphatic rings. The molecule has 3 aromatic heterocycles. The van der Waals surface area contributed by atoms with E-state index >= 15 is 0 Å². The number of likely N-dealkylation sites (tertiary alicyclic amines) is 1. The zero-order valence-electron chi connectivity index (χ0n) is 21.2. The van der Waals surface area contributed by atoms with Crippen molar-refractivity contribution in [2.75, 3.05) is 13.1 Å². The highest BCUT2D eigenvalue weighted by molar-refractivity contribution is 5.82. The van der Waals surface area contributed by atoms with Crippen LogP contribution in [0.15, 0.2) is 66.9 Å². The Morgan fingerprint density at radius 3 is 2.68 bits per heavy atom. The van der Waals surface area contributed by atoms with Crippen molar-refractivity contribution < 1.29 is 9.13 Å². The minimum atomic E-state index is -0.363. The van der Waals surface area contributed by atoms with Crippen molar-refractivity contribution in [3.63, 3.8) is 0 Å². The highest BCUT2D eigenvalue weighted by atomic mass is 19.1. The molecule has 188 valence electrons. The fourth-order valence-corrected chi connectivity index (χ4v) is 5.29. The molecule has 7 heteroatoms. The number of benzene rings is 2. The number of fused-ring (bicyclic) bond motifs is 2. The largest absolute Gasteiger partial charge is 0.473 e. The summed E-state index contributed by atoms with van der Waals surface area (Å²) in [5.74, 6) is 1.64. The summed E-state index contributed by atoms with van der Waals surface area (Å²) in [6, 6.07) is 19.9. The number of imidazole rings is 1. The molecule has 4 heterocycles. The number of pyridine rings is 2. The minimum absolute atomic E-state index is 0.112. The molecular formula is C30H30FN5O. The molecule has 1 saturated heterocycles. The fourth-order valence-electron chi connectivity index (χ4n) is 5.29. The van der Waals surface area contributed by atoms with E-state index in [2.05, 4.69) is 52.7 Å². The first-order chi connectivity index (χ1) is 18.0. The topological polar surface area (TPSA) is 56.1 Å². The normalized spacial score (nSPS) is 15.0. The Morgan fingerprint density at radius 2 is 1.81 bits per heavy atom. The summed E-state index contributed by atoms with van der Waals surface area (Å²) in [6.07, 6.45) is 3.32. The van der Waals surface area contributed by atoms with E-state index in [-0.39, 0.29) is 12.4 Å². The number of nitrogens with zero attached hydrogens (tertiary/aromatic N) is 5. The van der Waals surface area contributed by atoms with Crippen LogP contribution in [0, 0.1) is 12.7 Å². The third-order valence-electron chi connectivity index (χ3n) is 7.44. The van der Waals surface area contributed by atoms with Crippen LogP contribution in [0.25, 0.3) is 21.9 Å². The van der Waals surface area contributed by atoms with Crippen LogP contribution in [0.5, 0.6) is 5.88 Å². The molecule has 2 aromatic carbocycles. The second kappa shape index (κ2) is 9.90. The SMILES string of the molecule is Cc1ccc2c(c1)nc(CN1CCC(c3cccc(OCc4c(F)cnc5ccccc45)n3)CC1)n2C. The Balaban J connectivity index is 1.10. The lowest BCUT2D eigenvalue weighted by Crippen LogP contribution is -2.33. The van der Waals surface area contributed by atoms with Crippen molar-refractivity contribution in [1.29, 1.82) is 0 Å². The van der Waals surface area contributed by atoms with Crippen LogP contribution >= 0.6 is 0 Å². The van der Waals surface area contributed by atoms with Crippen LogP contribution in [-0.2, 0) is 20.2 Å². The number of halogens is 1. The number of para-hydroxylation sites is 1. The van der Waals surface area contributed by atoms with Crippen LogP contribution in [0.2, 0.25) is 0 Å². The van der Waals surface area contributed by atoms with Crippen molar-refractivity contribution in [1.82, 2.24) is 24.4 Å². The molecule has 6 rings (SSSR count). The van der Waals surface area contributed by atoms with E-state index in [1.807, 2.05) is 36.4 Å². The van der Waals surface area contributed by atoms with Crippen LogP contribution < -0.4 is 4.74 Å². The monoisotopic (exact) mass is 495 g/mol. The smallest absolute Gasteiger partial charge is 0.213 e. The molecule has 1 aliphatic heterocycles. The molecule has 37 heavy (non-hydrogen) atoms. The molecule has 5 aromatic rings. The van der Waals surface area contributed by atoms with E-state index in [1.54, 1.807) is 0 Å². The van der Waals surface area contributed by atoms with E-state index in [0.717, 1.165) is 60.4 Å². The standard InChI is InChI=1S/C30H30FN5O/c1-20-10-11-28-27(16-20)33-29(35(28)2)18-36-14-12-21(13-15-36)25-8-5-9-30(34-25)37-19-23-22-6-3-4-7-26(22)32-17-24(23)31/h3-11,16-17,21H,12-15,18-19H2,1-2H3. The van der Waals surface area contributed by atoms with Crippen LogP contribution in [-0.4, -0.2) is 37.5 Å². The van der Waals surface area contributed by atoms with Gasteiger partial charge in [-0.15, -0.1) is 0 Å². The summed E-state index contributed by atoms with van der Waals surface area (Å²) in [4.78, 5) is 16.3. The number of aromatic nitrogens is 4. The predicted molar refractivity (Wildman–Crippen MR) is 143 cm³/mol. The zero-order chi connectivity index (χ0) is 25.4. The Hall–Kier alpha value is -3.84. The summed E-state index contributed by atoms with van der Waals surface area (Å²) < 4.78 is 22.7. The Kier molecular flexibility index (Phi) is 6.30. The molecule has 1 fully saturated rings. The van der Waals surface area contributed by atoms with Gasteiger partial charge in [0.2, 0.25) is 5.88 Å². The molecule has 0 aliphatic carbocycles. The van der Waals surface area contributed by atoms with Crippen molar-refractivity contribution in [2.45, 2.75) is 38.8 Å². The molecule has 0 amide bonds. The van der Waals surface area contributed by atoms with Gasteiger partial charge in [-0.1, -0.05) is 30.3 Å². The third-order valence-corrected chi connectivity index (χ3v) is 7.44. The second-order valence-electron chi connectivity index (χ2n) is 9.92. The minimum Gasteiger partial charge on any atom is -0.473 e. The number of aryl methyl sites for hydroxylation is 2. The van der Waals surface area contributed by atoms with Gasteiger partial charge in [0.1, 0.15) is 18.2 Å². The van der Waals surface area contributed by atoms with Crippen molar-refractivity contribution >= 4 is 21.9 Å². The van der Waals surface area contributed by atoms with E-state index < -0.39 is 0 Å². The molecular weight excluding hydrogens is 465 g/mol. The first kappa shape index (κ1) is 23.6. The third kappa shape index (κ3) is 4.79. The second-order valence-corrected chi connectivity index (χ2v) is 9.92. The molecule has 0 spiro atoms. The number of piperidine rings is 1. The molecule has 0 saturated carbocycles. The maximum atomic E-state index is 14.5. The molecule has 0 radical (unpaired) electrons. The van der Waals surface area contributed by atoms with Crippen LogP contribution in [0.3, 0.4) is 0 Å². The van der Waals surface area contributed by atoms with E-state index in [9.17, 15) is 4.39 Å². The number of ether oxygens (including phenoxy) is 1. The average Bonchev–Trinajstić information content (AvgIpc) is 3.22. The highest BCUT2D eigenvalue weighted by Gasteiger charge is 2.23. The highest BCUT2D eigenvalue weighted by Crippen LogP contribution is 2.29. The quantitative estimate of drug-likeness (QED) is 0.293. The van der Waals surface area contributed by atoms with Gasteiger partial charge in [0, 0.05) is 35.7 Å². The number of hydrogen-bond donors (Lipinski definition) is 0. The number of rotatable bonds is 6. The maximum Gasteiger partial charge on any atom is 0.213 e. The van der Waals surface area contributed by atoms with Crippen molar-refractivity contribution in [2.24, 2.45) is 7.05 Å². The zero-order valence-corrected chi connectivity index (χ0v) is 21.2. The first-order valence-electron chi connectivity index (χ1n) is 12.8. The lowest BCUT2D eigenvalue weighted by molar-refractivity contribution is 0.197. The molecule has 6 nitrogen and oxygen atoms in total. The van der Waals surface area contributed by atoms with Gasteiger partial charge in [-0.25, -0.2) is 14.4 Å². The van der Waals surface area contributed by atoms with Gasteiger partial charge < -0.3 is 9.30 Å². The van der Waals surface area contributed by atoms with Gasteiger partial charge in [0.05, 0.1) is 29.3 Å². The van der Waals surface area contributed by atoms with Gasteiger partial charge in [0.15, 0.2) is 0 Å². The average molecular weight is 496 g/mol. The predicted octanol–water partition coefficient (Wildman–Crippen LogP) is 5.92. The summed E-state index contributed by atoms with van der Waals surface area (Å²) in [6.45, 7) is 5.05. The lowest BCUT2D eigenvalue weighted by Gasteiger charge is -2.31. The summed E-state index contributed by atoms with van der Waals surface area (Å²) >= 11 is 0. The first-order valence-corrected chi connectivity index (χ1v) is 12.8. The number of hydrogen-bond acceptors (Lipinski definition) is 5. The van der Waals surface area contributed by atoms with Gasteiger partial charge >= 0.3 is 0 Å². The Bertz CT molecular complexity index is 1570. The van der Waals surface area contributed by atoms with E-state index in [1.165, 1.54) is 17.3 Å².